The van der Waals surface area contributed by atoms with Crippen LogP contribution in [0.15, 0.2) is 39.5 Å². The molecule has 1 aliphatic rings. The van der Waals surface area contributed by atoms with E-state index in [9.17, 15) is 14.4 Å². The summed E-state index contributed by atoms with van der Waals surface area (Å²) in [5.41, 5.74) is 1.21. The van der Waals surface area contributed by atoms with Crippen LogP contribution in [-0.4, -0.2) is 24.5 Å². The van der Waals surface area contributed by atoms with Gasteiger partial charge in [0.1, 0.15) is 11.3 Å². The number of nitrogens with zero attached hydrogens (tertiary/aromatic N) is 2. The van der Waals surface area contributed by atoms with Crippen molar-refractivity contribution in [3.63, 3.8) is 0 Å². The summed E-state index contributed by atoms with van der Waals surface area (Å²) in [5, 5.41) is 8.84. The number of carbonyl (C=O) groups is 2. The fourth-order valence-electron chi connectivity index (χ4n) is 2.99. The quantitative estimate of drug-likeness (QED) is 0.784. The minimum absolute atomic E-state index is 0.161. The molecule has 1 aliphatic heterocycles. The molecule has 3 rings (SSSR count). The summed E-state index contributed by atoms with van der Waals surface area (Å²) >= 11 is 0. The summed E-state index contributed by atoms with van der Waals surface area (Å²) in [5.74, 6) is -0.853. The van der Waals surface area contributed by atoms with E-state index in [0.29, 0.717) is 29.8 Å². The van der Waals surface area contributed by atoms with Gasteiger partial charge in [0, 0.05) is 24.7 Å². The van der Waals surface area contributed by atoms with Gasteiger partial charge in [0.25, 0.3) is 5.91 Å². The summed E-state index contributed by atoms with van der Waals surface area (Å²) in [4.78, 5) is 37.8. The molecule has 1 saturated heterocycles. The average molecular weight is 352 g/mol. The lowest BCUT2D eigenvalue weighted by molar-refractivity contribution is -0.124. The maximum Gasteiger partial charge on any atom is 0.342 e. The molecule has 1 amide bonds. The molecule has 26 heavy (non-hydrogen) atoms. The SMILES string of the molecule is Cc1cc(=O)oc(C)c1C(=O)O[C@H]1CCN(c2ccc(C#N)cc2)C1=O. The Morgan fingerprint density at radius 1 is 1.27 bits per heavy atom. The fourth-order valence-corrected chi connectivity index (χ4v) is 2.99. The first-order valence-corrected chi connectivity index (χ1v) is 8.04. The monoisotopic (exact) mass is 352 g/mol. The van der Waals surface area contributed by atoms with Crippen LogP contribution < -0.4 is 10.5 Å². The first-order valence-electron chi connectivity index (χ1n) is 8.04. The molecule has 0 radical (unpaired) electrons. The Labute approximate surface area is 149 Å². The number of carbonyl (C=O) groups excluding carboxylic acids is 2. The highest BCUT2D eigenvalue weighted by atomic mass is 16.5. The van der Waals surface area contributed by atoms with Gasteiger partial charge in [-0.3, -0.25) is 4.79 Å². The van der Waals surface area contributed by atoms with E-state index in [1.165, 1.54) is 17.9 Å². The van der Waals surface area contributed by atoms with Crippen LogP contribution in [-0.2, 0) is 9.53 Å². The molecule has 0 unspecified atom stereocenters. The third-order valence-electron chi connectivity index (χ3n) is 4.25. The maximum absolute atomic E-state index is 12.6. The van der Waals surface area contributed by atoms with Gasteiger partial charge in [-0.15, -0.1) is 0 Å². The van der Waals surface area contributed by atoms with Crippen molar-refractivity contribution in [2.24, 2.45) is 0 Å². The van der Waals surface area contributed by atoms with Gasteiger partial charge in [-0.2, -0.15) is 5.26 Å². The third kappa shape index (κ3) is 3.22. The Morgan fingerprint density at radius 3 is 2.58 bits per heavy atom. The minimum Gasteiger partial charge on any atom is -0.448 e. The molecule has 1 aromatic carbocycles. The standard InChI is InChI=1S/C19H16N2O5/c1-11-9-16(22)25-12(2)17(11)19(24)26-15-7-8-21(18(15)23)14-5-3-13(10-20)4-6-14/h3-6,9,15H,7-8H2,1-2H3/t15-/m0/s1. The van der Waals surface area contributed by atoms with Crippen LogP contribution >= 0.6 is 0 Å². The number of hydrogen-bond acceptors (Lipinski definition) is 6. The fraction of sp³-hybridized carbons (Fsp3) is 0.263. The molecule has 0 bridgehead atoms. The zero-order valence-electron chi connectivity index (χ0n) is 14.3. The Kier molecular flexibility index (Phi) is 4.59. The van der Waals surface area contributed by atoms with Gasteiger partial charge < -0.3 is 14.1 Å². The van der Waals surface area contributed by atoms with E-state index in [0.717, 1.165) is 0 Å². The number of amides is 1. The number of esters is 1. The van der Waals surface area contributed by atoms with Crippen molar-refractivity contribution in [3.05, 3.63) is 63.2 Å². The van der Waals surface area contributed by atoms with Crippen molar-refractivity contribution in [2.75, 3.05) is 11.4 Å². The van der Waals surface area contributed by atoms with Crippen LogP contribution in [0.2, 0.25) is 0 Å². The van der Waals surface area contributed by atoms with Gasteiger partial charge in [0.05, 0.1) is 11.6 Å². The largest absolute Gasteiger partial charge is 0.448 e. The molecular formula is C19H16N2O5. The molecular weight excluding hydrogens is 336 g/mol. The van der Waals surface area contributed by atoms with E-state index in [2.05, 4.69) is 0 Å². The van der Waals surface area contributed by atoms with Gasteiger partial charge >= 0.3 is 11.6 Å². The van der Waals surface area contributed by atoms with Crippen LogP contribution in [0, 0.1) is 25.2 Å². The molecule has 7 heteroatoms. The summed E-state index contributed by atoms with van der Waals surface area (Å²) in [6.45, 7) is 3.52. The molecule has 7 nitrogen and oxygen atoms in total. The number of aryl methyl sites for hydroxylation is 2. The summed E-state index contributed by atoms with van der Waals surface area (Å²) < 4.78 is 10.3. The number of ether oxygens (including phenoxy) is 1. The summed E-state index contributed by atoms with van der Waals surface area (Å²) in [7, 11) is 0. The van der Waals surface area contributed by atoms with Crippen LogP contribution in [0.5, 0.6) is 0 Å². The van der Waals surface area contributed by atoms with E-state index in [4.69, 9.17) is 14.4 Å². The van der Waals surface area contributed by atoms with Crippen LogP contribution in [0.3, 0.4) is 0 Å². The van der Waals surface area contributed by atoms with Crippen molar-refractivity contribution in [1.29, 1.82) is 5.26 Å². The van der Waals surface area contributed by atoms with Gasteiger partial charge in [-0.05, 0) is 43.7 Å². The molecule has 1 aromatic heterocycles. The summed E-state index contributed by atoms with van der Waals surface area (Å²) in [6, 6.07) is 9.85. The normalized spacial score (nSPS) is 16.4. The van der Waals surface area contributed by atoms with E-state index in [-0.39, 0.29) is 17.2 Å². The van der Waals surface area contributed by atoms with Gasteiger partial charge in [0.15, 0.2) is 6.10 Å². The number of benzene rings is 1. The molecule has 2 heterocycles. The molecule has 2 aromatic rings. The van der Waals surface area contributed by atoms with Gasteiger partial charge in [0.2, 0.25) is 0 Å². The molecule has 1 fully saturated rings. The highest BCUT2D eigenvalue weighted by molar-refractivity contribution is 6.01. The van der Waals surface area contributed by atoms with Crippen LogP contribution in [0.4, 0.5) is 5.69 Å². The van der Waals surface area contributed by atoms with E-state index in [1.807, 2.05) is 6.07 Å². The predicted molar refractivity (Wildman–Crippen MR) is 91.8 cm³/mol. The Morgan fingerprint density at radius 2 is 1.96 bits per heavy atom. The molecule has 1 atom stereocenters. The first kappa shape index (κ1) is 17.4. The highest BCUT2D eigenvalue weighted by Gasteiger charge is 2.36. The number of nitriles is 1. The topological polar surface area (TPSA) is 101 Å². The van der Waals surface area contributed by atoms with Crippen molar-refractivity contribution < 1.29 is 18.7 Å². The van der Waals surface area contributed by atoms with E-state index in [1.54, 1.807) is 31.2 Å². The Balaban J connectivity index is 1.76. The van der Waals surface area contributed by atoms with Crippen LogP contribution in [0.1, 0.15) is 33.7 Å². The lowest BCUT2D eigenvalue weighted by atomic mass is 10.1. The predicted octanol–water partition coefficient (Wildman–Crippen LogP) is 2.09. The maximum atomic E-state index is 12.6. The second-order valence-electron chi connectivity index (χ2n) is 6.01. The first-order chi connectivity index (χ1) is 12.4. The second-order valence-corrected chi connectivity index (χ2v) is 6.01. The van der Waals surface area contributed by atoms with Gasteiger partial charge in [-0.1, -0.05) is 0 Å². The lowest BCUT2D eigenvalue weighted by Crippen LogP contribution is -2.32. The van der Waals surface area contributed by atoms with Crippen LogP contribution in [0.25, 0.3) is 0 Å². The Bertz CT molecular complexity index is 943. The molecule has 0 aliphatic carbocycles. The zero-order chi connectivity index (χ0) is 18.8. The van der Waals surface area contributed by atoms with Crippen molar-refractivity contribution in [3.8, 4) is 6.07 Å². The zero-order valence-corrected chi connectivity index (χ0v) is 14.3. The molecule has 0 spiro atoms. The Hall–Kier alpha value is -3.40. The lowest BCUT2D eigenvalue weighted by Gasteiger charge is -2.17. The summed E-state index contributed by atoms with van der Waals surface area (Å²) in [6.07, 6.45) is -0.539. The number of hydrogen-bond donors (Lipinski definition) is 0. The van der Waals surface area contributed by atoms with Crippen molar-refractivity contribution in [2.45, 2.75) is 26.4 Å². The highest BCUT2D eigenvalue weighted by Crippen LogP contribution is 2.25. The van der Waals surface area contributed by atoms with E-state index >= 15 is 0 Å². The molecule has 132 valence electrons. The van der Waals surface area contributed by atoms with Gasteiger partial charge in [-0.25, -0.2) is 9.59 Å². The van der Waals surface area contributed by atoms with Crippen molar-refractivity contribution in [1.82, 2.24) is 0 Å². The second kappa shape index (κ2) is 6.84. The molecule has 0 saturated carbocycles. The smallest absolute Gasteiger partial charge is 0.342 e. The number of rotatable bonds is 3. The van der Waals surface area contributed by atoms with E-state index < -0.39 is 17.7 Å². The average Bonchev–Trinajstić information content (AvgIpc) is 2.94. The third-order valence-corrected chi connectivity index (χ3v) is 4.25. The molecule has 0 N–H and O–H groups in total. The van der Waals surface area contributed by atoms with Crippen molar-refractivity contribution >= 4 is 17.6 Å². The number of anilines is 1. The minimum atomic E-state index is -0.899.